The van der Waals surface area contributed by atoms with Gasteiger partial charge in [-0.3, -0.25) is 9.69 Å². The number of carbonyl (C=O) groups excluding carboxylic acids is 1. The van der Waals surface area contributed by atoms with Gasteiger partial charge < -0.3 is 15.8 Å². The van der Waals surface area contributed by atoms with Crippen molar-refractivity contribution in [3.63, 3.8) is 0 Å². The van der Waals surface area contributed by atoms with Crippen molar-refractivity contribution in [3.8, 4) is 0 Å². The molecule has 3 N–H and O–H groups in total. The fraction of sp³-hybridized carbons (Fsp3) is 0.533. The molecule has 2 rings (SSSR count). The molecule has 1 saturated heterocycles. The van der Waals surface area contributed by atoms with Crippen LogP contribution < -0.4 is 11.1 Å². The van der Waals surface area contributed by atoms with Crippen molar-refractivity contribution in [2.45, 2.75) is 18.1 Å². The van der Waals surface area contributed by atoms with Gasteiger partial charge in [-0.1, -0.05) is 30.3 Å². The maximum absolute atomic E-state index is 12.1. The number of benzene rings is 1. The molecule has 2 unspecified atom stereocenters. The highest BCUT2D eigenvalue weighted by atomic mass is 16.5. The molecule has 0 aliphatic carbocycles. The molecule has 0 aromatic heterocycles. The molecule has 0 bridgehead atoms. The van der Waals surface area contributed by atoms with Crippen LogP contribution in [0, 0.1) is 0 Å². The van der Waals surface area contributed by atoms with Gasteiger partial charge in [-0.2, -0.15) is 0 Å². The minimum absolute atomic E-state index is 0.244. The summed E-state index contributed by atoms with van der Waals surface area (Å²) in [6, 6.07) is 9.65. The van der Waals surface area contributed by atoms with E-state index in [2.05, 4.69) is 10.2 Å². The van der Waals surface area contributed by atoms with E-state index in [9.17, 15) is 4.79 Å². The molecule has 0 spiro atoms. The fourth-order valence-electron chi connectivity index (χ4n) is 2.85. The number of methoxy groups -OCH3 is 1. The summed E-state index contributed by atoms with van der Waals surface area (Å²) in [5.41, 5.74) is 5.74. The molecule has 1 fully saturated rings. The number of nitrogens with one attached hydrogen (secondary N) is 1. The second kappa shape index (κ2) is 6.35. The Morgan fingerprint density at radius 1 is 1.50 bits per heavy atom. The Bertz CT molecular complexity index is 452. The largest absolute Gasteiger partial charge is 0.380 e. The van der Waals surface area contributed by atoms with Crippen LogP contribution in [-0.4, -0.2) is 50.7 Å². The lowest BCUT2D eigenvalue weighted by Crippen LogP contribution is -2.57. The van der Waals surface area contributed by atoms with E-state index in [0.717, 1.165) is 25.1 Å². The summed E-state index contributed by atoms with van der Waals surface area (Å²) >= 11 is 0. The number of likely N-dealkylation sites (N-methyl/N-ethyl adjacent to an activating group) is 1. The van der Waals surface area contributed by atoms with Gasteiger partial charge in [-0.15, -0.1) is 0 Å². The van der Waals surface area contributed by atoms with Gasteiger partial charge in [0.25, 0.3) is 0 Å². The first-order chi connectivity index (χ1) is 9.62. The predicted octanol–water partition coefficient (Wildman–Crippen LogP) is 0.307. The Kier molecular flexibility index (Phi) is 4.75. The van der Waals surface area contributed by atoms with Crippen LogP contribution in [0.2, 0.25) is 0 Å². The molecule has 1 aliphatic heterocycles. The average molecular weight is 277 g/mol. The third-order valence-corrected chi connectivity index (χ3v) is 4.14. The summed E-state index contributed by atoms with van der Waals surface area (Å²) in [6.45, 7) is 2.31. The highest BCUT2D eigenvalue weighted by Crippen LogP contribution is 2.24. The monoisotopic (exact) mass is 277 g/mol. The van der Waals surface area contributed by atoms with E-state index in [1.807, 2.05) is 30.3 Å². The smallest absolute Gasteiger partial charge is 0.243 e. The van der Waals surface area contributed by atoms with Crippen molar-refractivity contribution in [1.82, 2.24) is 10.2 Å². The standard InChI is InChI=1S/C15H23N3O2/c1-17-15(14(16)19,12-6-4-3-5-7-12)11-18-9-8-13(10-18)20-2/h3-7,13,17H,8-11H2,1-2H3,(H2,16,19). The number of amides is 1. The van der Waals surface area contributed by atoms with Gasteiger partial charge >= 0.3 is 0 Å². The van der Waals surface area contributed by atoms with E-state index in [0.29, 0.717) is 6.54 Å². The van der Waals surface area contributed by atoms with Gasteiger partial charge in [0.1, 0.15) is 5.54 Å². The number of nitrogens with two attached hydrogens (primary N) is 1. The molecule has 1 aromatic rings. The number of hydrogen-bond donors (Lipinski definition) is 2. The number of hydrogen-bond acceptors (Lipinski definition) is 4. The van der Waals surface area contributed by atoms with Gasteiger partial charge in [-0.25, -0.2) is 0 Å². The molecular formula is C15H23N3O2. The zero-order valence-electron chi connectivity index (χ0n) is 12.1. The van der Waals surface area contributed by atoms with E-state index < -0.39 is 5.54 Å². The highest BCUT2D eigenvalue weighted by molar-refractivity contribution is 5.86. The lowest BCUT2D eigenvalue weighted by atomic mass is 9.88. The molecule has 5 nitrogen and oxygen atoms in total. The Balaban J connectivity index is 2.22. The lowest BCUT2D eigenvalue weighted by molar-refractivity contribution is -0.125. The third-order valence-electron chi connectivity index (χ3n) is 4.14. The molecular weight excluding hydrogens is 254 g/mol. The summed E-state index contributed by atoms with van der Waals surface area (Å²) in [4.78, 5) is 14.3. The number of rotatable bonds is 6. The van der Waals surface area contributed by atoms with Crippen molar-refractivity contribution in [2.75, 3.05) is 33.8 Å². The molecule has 2 atom stereocenters. The van der Waals surface area contributed by atoms with Crippen molar-refractivity contribution in [1.29, 1.82) is 0 Å². The Hall–Kier alpha value is -1.43. The number of likely N-dealkylation sites (tertiary alicyclic amines) is 1. The maximum atomic E-state index is 12.1. The number of primary amides is 1. The van der Waals surface area contributed by atoms with Crippen molar-refractivity contribution in [2.24, 2.45) is 5.73 Å². The summed E-state index contributed by atoms with van der Waals surface area (Å²) in [7, 11) is 3.51. The number of nitrogens with zero attached hydrogens (tertiary/aromatic N) is 1. The number of carbonyl (C=O) groups is 1. The van der Waals surface area contributed by atoms with Crippen LogP contribution in [0.5, 0.6) is 0 Å². The van der Waals surface area contributed by atoms with Gasteiger partial charge in [-0.05, 0) is 19.0 Å². The summed E-state index contributed by atoms with van der Waals surface area (Å²) < 4.78 is 5.38. The first-order valence-electron chi connectivity index (χ1n) is 6.92. The molecule has 0 saturated carbocycles. The number of ether oxygens (including phenoxy) is 1. The second-order valence-electron chi connectivity index (χ2n) is 5.27. The first-order valence-corrected chi connectivity index (χ1v) is 6.92. The van der Waals surface area contributed by atoms with Crippen LogP contribution in [-0.2, 0) is 15.1 Å². The van der Waals surface area contributed by atoms with Crippen molar-refractivity contribution >= 4 is 5.91 Å². The summed E-state index contributed by atoms with van der Waals surface area (Å²) in [5.74, 6) is -0.355. The van der Waals surface area contributed by atoms with Crippen LogP contribution in [0.25, 0.3) is 0 Å². The lowest BCUT2D eigenvalue weighted by Gasteiger charge is -2.34. The average Bonchev–Trinajstić information content (AvgIpc) is 2.93. The van der Waals surface area contributed by atoms with E-state index in [4.69, 9.17) is 10.5 Å². The van der Waals surface area contributed by atoms with Crippen LogP contribution in [0.3, 0.4) is 0 Å². The minimum atomic E-state index is -0.857. The van der Waals surface area contributed by atoms with Crippen LogP contribution in [0.1, 0.15) is 12.0 Å². The molecule has 0 radical (unpaired) electrons. The van der Waals surface area contributed by atoms with Crippen molar-refractivity contribution < 1.29 is 9.53 Å². The molecule has 1 aliphatic rings. The van der Waals surface area contributed by atoms with E-state index in [-0.39, 0.29) is 12.0 Å². The third kappa shape index (κ3) is 2.85. The summed E-state index contributed by atoms with van der Waals surface area (Å²) in [6.07, 6.45) is 1.23. The highest BCUT2D eigenvalue weighted by Gasteiger charge is 2.40. The maximum Gasteiger partial charge on any atom is 0.243 e. The fourth-order valence-corrected chi connectivity index (χ4v) is 2.85. The second-order valence-corrected chi connectivity index (χ2v) is 5.27. The Morgan fingerprint density at radius 2 is 2.20 bits per heavy atom. The molecule has 1 heterocycles. The molecule has 20 heavy (non-hydrogen) atoms. The first kappa shape index (κ1) is 15.0. The predicted molar refractivity (Wildman–Crippen MR) is 78.2 cm³/mol. The Labute approximate surface area is 120 Å². The topological polar surface area (TPSA) is 67.6 Å². The SMILES string of the molecule is CNC(CN1CCC(OC)C1)(C(N)=O)c1ccccc1. The van der Waals surface area contributed by atoms with Crippen molar-refractivity contribution in [3.05, 3.63) is 35.9 Å². The molecule has 5 heteroatoms. The van der Waals surface area contributed by atoms with Crippen LogP contribution in [0.15, 0.2) is 30.3 Å². The van der Waals surface area contributed by atoms with E-state index >= 15 is 0 Å². The van der Waals surface area contributed by atoms with E-state index in [1.54, 1.807) is 14.2 Å². The Morgan fingerprint density at radius 3 is 2.70 bits per heavy atom. The van der Waals surface area contributed by atoms with E-state index in [1.165, 1.54) is 0 Å². The van der Waals surface area contributed by atoms with Crippen LogP contribution in [0.4, 0.5) is 0 Å². The normalized spacial score (nSPS) is 22.6. The van der Waals surface area contributed by atoms with Gasteiger partial charge in [0, 0.05) is 26.7 Å². The van der Waals surface area contributed by atoms with Crippen LogP contribution >= 0.6 is 0 Å². The minimum Gasteiger partial charge on any atom is -0.380 e. The molecule has 1 amide bonds. The van der Waals surface area contributed by atoms with Gasteiger partial charge in [0.2, 0.25) is 5.91 Å². The summed E-state index contributed by atoms with van der Waals surface area (Å²) in [5, 5.41) is 3.13. The molecule has 110 valence electrons. The molecule has 1 aromatic carbocycles. The quantitative estimate of drug-likeness (QED) is 0.785. The van der Waals surface area contributed by atoms with Gasteiger partial charge in [0.05, 0.1) is 6.10 Å². The zero-order chi connectivity index (χ0) is 14.6. The zero-order valence-corrected chi connectivity index (χ0v) is 12.1. The van der Waals surface area contributed by atoms with Gasteiger partial charge in [0.15, 0.2) is 0 Å².